The molecule has 0 fully saturated rings. The highest BCUT2D eigenvalue weighted by Crippen LogP contribution is 2.25. The smallest absolute Gasteiger partial charge is 0.372 e. The van der Waals surface area contributed by atoms with Crippen LogP contribution >= 0.6 is 0 Å². The third-order valence-electron chi connectivity index (χ3n) is 2.62. The van der Waals surface area contributed by atoms with Crippen LogP contribution in [0.5, 0.6) is 0 Å². The van der Waals surface area contributed by atoms with Crippen LogP contribution in [0.3, 0.4) is 0 Å². The maximum absolute atomic E-state index is 11.1. The van der Waals surface area contributed by atoms with E-state index in [-0.39, 0.29) is 5.76 Å². The molecule has 1 heterocycles. The number of carboxylic acid groups (broad SMARTS) is 1. The number of benzene rings is 1. The largest absolute Gasteiger partial charge is 0.475 e. The van der Waals surface area contributed by atoms with Crippen molar-refractivity contribution in [2.75, 3.05) is 6.54 Å². The molecule has 2 N–H and O–H groups in total. The van der Waals surface area contributed by atoms with Crippen LogP contribution in [0.4, 0.5) is 0 Å². The summed E-state index contributed by atoms with van der Waals surface area (Å²) in [6.07, 6.45) is 0. The molecule has 0 atom stereocenters. The molecule has 94 valence electrons. The maximum atomic E-state index is 11.1. The van der Waals surface area contributed by atoms with Crippen molar-refractivity contribution in [3.8, 4) is 0 Å². The van der Waals surface area contributed by atoms with Gasteiger partial charge in [-0.1, -0.05) is 30.4 Å². The Morgan fingerprint density at radius 1 is 1.44 bits per heavy atom. The molecule has 0 bridgehead atoms. The zero-order valence-electron chi connectivity index (χ0n) is 10.2. The predicted octanol–water partition coefficient (Wildman–Crippen LogP) is 2.80. The second-order valence-electron chi connectivity index (χ2n) is 4.27. The van der Waals surface area contributed by atoms with Crippen molar-refractivity contribution in [2.45, 2.75) is 13.5 Å². The molecule has 18 heavy (non-hydrogen) atoms. The molecule has 4 nitrogen and oxygen atoms in total. The summed E-state index contributed by atoms with van der Waals surface area (Å²) in [6.45, 7) is 6.81. The summed E-state index contributed by atoms with van der Waals surface area (Å²) in [5.41, 5.74) is 2.28. The first kappa shape index (κ1) is 12.4. The first-order chi connectivity index (χ1) is 8.59. The molecule has 1 aromatic heterocycles. The van der Waals surface area contributed by atoms with Crippen LogP contribution in [0.2, 0.25) is 0 Å². The van der Waals surface area contributed by atoms with Crippen molar-refractivity contribution in [3.63, 3.8) is 0 Å². The van der Waals surface area contributed by atoms with E-state index in [4.69, 9.17) is 9.52 Å². The van der Waals surface area contributed by atoms with Gasteiger partial charge >= 0.3 is 5.97 Å². The zero-order valence-corrected chi connectivity index (χ0v) is 10.2. The first-order valence-electron chi connectivity index (χ1n) is 5.68. The summed E-state index contributed by atoms with van der Waals surface area (Å²) in [5, 5.41) is 13.1. The number of rotatable bonds is 5. The standard InChI is InChI=1S/C14H15NO3/c1-9(2)7-15-8-11-10-5-3-4-6-12(10)18-13(11)14(16)17/h3-6,15H,1,7-8H2,2H3,(H,16,17). The van der Waals surface area contributed by atoms with Crippen LogP contribution in [0.25, 0.3) is 11.0 Å². The highest BCUT2D eigenvalue weighted by molar-refractivity contribution is 5.95. The molecule has 2 rings (SSSR count). The van der Waals surface area contributed by atoms with E-state index in [0.29, 0.717) is 24.2 Å². The lowest BCUT2D eigenvalue weighted by Crippen LogP contribution is -2.16. The molecule has 0 unspecified atom stereocenters. The van der Waals surface area contributed by atoms with Gasteiger partial charge in [0.15, 0.2) is 0 Å². The predicted molar refractivity (Wildman–Crippen MR) is 69.7 cm³/mol. The van der Waals surface area contributed by atoms with E-state index in [1.807, 2.05) is 25.1 Å². The lowest BCUT2D eigenvalue weighted by Gasteiger charge is -2.03. The van der Waals surface area contributed by atoms with Crippen LogP contribution in [-0.4, -0.2) is 17.6 Å². The Hall–Kier alpha value is -2.07. The lowest BCUT2D eigenvalue weighted by molar-refractivity contribution is 0.0663. The van der Waals surface area contributed by atoms with Gasteiger partial charge in [-0.3, -0.25) is 0 Å². The molecular weight excluding hydrogens is 230 g/mol. The molecule has 0 radical (unpaired) electrons. The summed E-state index contributed by atoms with van der Waals surface area (Å²) < 4.78 is 5.36. The average Bonchev–Trinajstić information content (AvgIpc) is 2.68. The number of para-hydroxylation sites is 1. The van der Waals surface area contributed by atoms with Gasteiger partial charge in [-0.25, -0.2) is 4.79 Å². The van der Waals surface area contributed by atoms with Crippen molar-refractivity contribution in [3.05, 3.63) is 47.7 Å². The number of fused-ring (bicyclic) bond motifs is 1. The van der Waals surface area contributed by atoms with Crippen LogP contribution in [0.1, 0.15) is 23.0 Å². The fourth-order valence-corrected chi connectivity index (χ4v) is 1.85. The molecule has 0 aliphatic heterocycles. The Bertz CT molecular complexity index is 598. The molecule has 0 spiro atoms. The lowest BCUT2D eigenvalue weighted by atomic mass is 10.1. The first-order valence-corrected chi connectivity index (χ1v) is 5.68. The van der Waals surface area contributed by atoms with Crippen molar-refractivity contribution >= 4 is 16.9 Å². The van der Waals surface area contributed by atoms with E-state index in [9.17, 15) is 4.79 Å². The third-order valence-corrected chi connectivity index (χ3v) is 2.62. The van der Waals surface area contributed by atoms with Gasteiger partial charge in [0.1, 0.15) is 5.58 Å². The number of carboxylic acids is 1. The highest BCUT2D eigenvalue weighted by atomic mass is 16.4. The van der Waals surface area contributed by atoms with Gasteiger partial charge in [-0.15, -0.1) is 0 Å². The minimum atomic E-state index is -1.04. The molecular formula is C14H15NO3. The van der Waals surface area contributed by atoms with Gasteiger partial charge in [0.2, 0.25) is 5.76 Å². The summed E-state index contributed by atoms with van der Waals surface area (Å²) >= 11 is 0. The van der Waals surface area contributed by atoms with Crippen molar-refractivity contribution in [1.82, 2.24) is 5.32 Å². The summed E-state index contributed by atoms with van der Waals surface area (Å²) in [6, 6.07) is 7.32. The van der Waals surface area contributed by atoms with Crippen molar-refractivity contribution in [2.24, 2.45) is 0 Å². The Morgan fingerprint density at radius 3 is 2.83 bits per heavy atom. The minimum absolute atomic E-state index is 0.00501. The SMILES string of the molecule is C=C(C)CNCc1c(C(=O)O)oc2ccccc12. The fraction of sp³-hybridized carbons (Fsp3) is 0.214. The van der Waals surface area contributed by atoms with Crippen LogP contribution < -0.4 is 5.32 Å². The van der Waals surface area contributed by atoms with E-state index in [1.165, 1.54) is 0 Å². The number of furan rings is 1. The van der Waals surface area contributed by atoms with E-state index in [2.05, 4.69) is 11.9 Å². The Kier molecular flexibility index (Phi) is 3.48. The van der Waals surface area contributed by atoms with Gasteiger partial charge in [0.05, 0.1) is 0 Å². The molecule has 0 aliphatic carbocycles. The van der Waals surface area contributed by atoms with Crippen LogP contribution in [0.15, 0.2) is 40.8 Å². The second kappa shape index (κ2) is 5.06. The Labute approximate surface area is 105 Å². The average molecular weight is 245 g/mol. The molecule has 4 heteroatoms. The van der Waals surface area contributed by atoms with Gasteiger partial charge in [0.25, 0.3) is 0 Å². The topological polar surface area (TPSA) is 62.5 Å². The molecule has 2 aromatic rings. The minimum Gasteiger partial charge on any atom is -0.475 e. The number of hydrogen-bond acceptors (Lipinski definition) is 3. The number of aromatic carboxylic acids is 1. The summed E-state index contributed by atoms with van der Waals surface area (Å²) in [5.74, 6) is -1.04. The van der Waals surface area contributed by atoms with E-state index >= 15 is 0 Å². The quantitative estimate of drug-likeness (QED) is 0.795. The normalized spacial score (nSPS) is 10.7. The summed E-state index contributed by atoms with van der Waals surface area (Å²) in [4.78, 5) is 11.1. The van der Waals surface area contributed by atoms with Crippen molar-refractivity contribution < 1.29 is 14.3 Å². The maximum Gasteiger partial charge on any atom is 0.372 e. The van der Waals surface area contributed by atoms with E-state index < -0.39 is 5.97 Å². The van der Waals surface area contributed by atoms with Crippen LogP contribution in [-0.2, 0) is 6.54 Å². The molecule has 0 amide bonds. The molecule has 0 aliphatic rings. The number of hydrogen-bond donors (Lipinski definition) is 2. The molecule has 0 saturated heterocycles. The Morgan fingerprint density at radius 2 is 2.17 bits per heavy atom. The zero-order chi connectivity index (χ0) is 13.1. The monoisotopic (exact) mass is 245 g/mol. The third kappa shape index (κ3) is 2.43. The molecule has 1 aromatic carbocycles. The van der Waals surface area contributed by atoms with Gasteiger partial charge in [0, 0.05) is 24.0 Å². The van der Waals surface area contributed by atoms with Crippen LogP contribution in [0, 0.1) is 0 Å². The highest BCUT2D eigenvalue weighted by Gasteiger charge is 2.18. The van der Waals surface area contributed by atoms with E-state index in [0.717, 1.165) is 11.0 Å². The second-order valence-corrected chi connectivity index (χ2v) is 4.27. The fourth-order valence-electron chi connectivity index (χ4n) is 1.85. The van der Waals surface area contributed by atoms with Gasteiger partial charge in [-0.2, -0.15) is 0 Å². The van der Waals surface area contributed by atoms with E-state index in [1.54, 1.807) is 6.07 Å². The number of carbonyl (C=O) groups is 1. The van der Waals surface area contributed by atoms with Gasteiger partial charge < -0.3 is 14.8 Å². The van der Waals surface area contributed by atoms with Crippen molar-refractivity contribution in [1.29, 1.82) is 0 Å². The summed E-state index contributed by atoms with van der Waals surface area (Å²) in [7, 11) is 0. The Balaban J connectivity index is 2.36. The van der Waals surface area contributed by atoms with Gasteiger partial charge in [-0.05, 0) is 13.0 Å². The molecule has 0 saturated carbocycles. The number of nitrogens with one attached hydrogen (secondary N) is 1.